The van der Waals surface area contributed by atoms with E-state index >= 15 is 0 Å². The lowest BCUT2D eigenvalue weighted by Crippen LogP contribution is -2.19. The van der Waals surface area contributed by atoms with Crippen molar-refractivity contribution in [3.63, 3.8) is 0 Å². The molecule has 0 spiro atoms. The summed E-state index contributed by atoms with van der Waals surface area (Å²) in [6.07, 6.45) is 0. The number of rotatable bonds is 1. The van der Waals surface area contributed by atoms with Crippen LogP contribution in [0.3, 0.4) is 0 Å². The van der Waals surface area contributed by atoms with Crippen molar-refractivity contribution < 1.29 is 9.59 Å². The maximum atomic E-state index is 12.0. The van der Waals surface area contributed by atoms with E-state index in [1.165, 1.54) is 0 Å². The predicted molar refractivity (Wildman–Crippen MR) is 78.4 cm³/mol. The van der Waals surface area contributed by atoms with Crippen molar-refractivity contribution in [3.8, 4) is 0 Å². The number of allylic oxidation sites excluding steroid dienone is 2. The molecule has 0 N–H and O–H groups in total. The van der Waals surface area contributed by atoms with Gasteiger partial charge in [-0.15, -0.1) is 0 Å². The van der Waals surface area contributed by atoms with Gasteiger partial charge in [-0.1, -0.05) is 31.9 Å². The first-order valence-electron chi connectivity index (χ1n) is 4.37. The van der Waals surface area contributed by atoms with E-state index in [-0.39, 0.29) is 30.0 Å². The van der Waals surface area contributed by atoms with E-state index in [0.29, 0.717) is 11.3 Å². The highest BCUT2D eigenvalue weighted by molar-refractivity contribution is 9.24. The number of Topliss-reactive ketones (excluding diaryl/α,β-unsaturated/α-hetero) is 2. The van der Waals surface area contributed by atoms with Gasteiger partial charge in [-0.3, -0.25) is 9.59 Å². The van der Waals surface area contributed by atoms with E-state index in [1.807, 2.05) is 0 Å². The van der Waals surface area contributed by atoms with Crippen LogP contribution in [-0.4, -0.2) is 16.6 Å². The smallest absolute Gasteiger partial charge is 0.220 e. The van der Waals surface area contributed by atoms with Gasteiger partial charge < -0.3 is 0 Å². The van der Waals surface area contributed by atoms with Crippen LogP contribution in [0.15, 0.2) is 21.1 Å². The van der Waals surface area contributed by atoms with E-state index in [1.54, 1.807) is 12.1 Å². The molecular weight excluding hydrogens is 486 g/mol. The molecule has 7 heteroatoms. The minimum Gasteiger partial charge on any atom is -0.288 e. The van der Waals surface area contributed by atoms with Crippen LogP contribution < -0.4 is 0 Å². The molecule has 0 fully saturated rings. The Morgan fingerprint density at radius 2 is 1.59 bits per heavy atom. The molecule has 1 aromatic heterocycles. The predicted octanol–water partition coefficient (Wildman–Crippen LogP) is 4.25. The van der Waals surface area contributed by atoms with Crippen LogP contribution in [-0.2, 0) is 0 Å². The molecule has 1 aromatic rings. The van der Waals surface area contributed by atoms with Crippen molar-refractivity contribution in [3.05, 3.63) is 38.0 Å². The standard InChI is InChI=1S/C10H3Br4NO2/c11-5-6(12)9(17)7-3(8(5)16)1-2-4(15-7)10(13)14/h1-2,10H. The molecule has 0 aliphatic heterocycles. The van der Waals surface area contributed by atoms with Gasteiger partial charge in [0, 0.05) is 0 Å². The van der Waals surface area contributed by atoms with Crippen LogP contribution >= 0.6 is 63.7 Å². The third kappa shape index (κ3) is 2.34. The topological polar surface area (TPSA) is 47.0 Å². The Hall–Kier alpha value is 0.150. The summed E-state index contributed by atoms with van der Waals surface area (Å²) in [7, 11) is 0. The largest absolute Gasteiger partial charge is 0.288 e. The van der Waals surface area contributed by atoms with Gasteiger partial charge in [0.05, 0.1) is 20.2 Å². The van der Waals surface area contributed by atoms with Crippen molar-refractivity contribution >= 4 is 75.3 Å². The zero-order chi connectivity index (χ0) is 12.7. The second-order valence-electron chi connectivity index (χ2n) is 3.22. The third-order valence-corrected chi connectivity index (χ3v) is 5.17. The lowest BCUT2D eigenvalue weighted by atomic mass is 9.99. The Labute approximate surface area is 131 Å². The molecule has 17 heavy (non-hydrogen) atoms. The Kier molecular flexibility index (Phi) is 4.02. The molecule has 0 unspecified atom stereocenters. The Balaban J connectivity index is 2.65. The molecule has 0 bridgehead atoms. The fourth-order valence-corrected chi connectivity index (χ4v) is 2.65. The number of nitrogens with zero attached hydrogens (tertiary/aromatic N) is 1. The first-order chi connectivity index (χ1) is 7.93. The van der Waals surface area contributed by atoms with Gasteiger partial charge >= 0.3 is 0 Å². The van der Waals surface area contributed by atoms with Crippen LogP contribution in [0, 0.1) is 0 Å². The molecule has 88 valence electrons. The zero-order valence-corrected chi connectivity index (χ0v) is 14.4. The number of pyridine rings is 1. The maximum absolute atomic E-state index is 12.0. The number of carbonyl (C=O) groups is 2. The molecule has 0 amide bonds. The van der Waals surface area contributed by atoms with Gasteiger partial charge in [0.1, 0.15) is 9.43 Å². The van der Waals surface area contributed by atoms with E-state index in [9.17, 15) is 9.59 Å². The van der Waals surface area contributed by atoms with Gasteiger partial charge in [-0.25, -0.2) is 4.98 Å². The summed E-state index contributed by atoms with van der Waals surface area (Å²) in [5, 5.41) is 0. The lowest BCUT2D eigenvalue weighted by Gasteiger charge is -2.14. The quantitative estimate of drug-likeness (QED) is 0.555. The third-order valence-electron chi connectivity index (χ3n) is 2.19. The number of carbonyl (C=O) groups excluding carboxylic acids is 2. The molecule has 1 aliphatic carbocycles. The summed E-state index contributed by atoms with van der Waals surface area (Å²) in [5.41, 5.74) is 1.13. The molecule has 0 saturated heterocycles. The Bertz CT molecular complexity index is 565. The van der Waals surface area contributed by atoms with Crippen LogP contribution in [0.5, 0.6) is 0 Å². The number of fused-ring (bicyclic) bond motifs is 1. The minimum absolute atomic E-state index is 0.156. The summed E-state index contributed by atoms with van der Waals surface area (Å²) in [6, 6.07) is 3.30. The van der Waals surface area contributed by atoms with Crippen LogP contribution in [0.2, 0.25) is 0 Å². The highest BCUT2D eigenvalue weighted by atomic mass is 79.9. The molecule has 1 heterocycles. The van der Waals surface area contributed by atoms with Crippen molar-refractivity contribution in [2.45, 2.75) is 3.74 Å². The van der Waals surface area contributed by atoms with E-state index < -0.39 is 0 Å². The second-order valence-corrected chi connectivity index (χ2v) is 7.87. The number of alkyl halides is 2. The summed E-state index contributed by atoms with van der Waals surface area (Å²) in [4.78, 5) is 28.1. The summed E-state index contributed by atoms with van der Waals surface area (Å²) in [5.74, 6) is -0.541. The van der Waals surface area contributed by atoms with Crippen LogP contribution in [0.1, 0.15) is 30.3 Å². The number of aromatic nitrogens is 1. The number of hydrogen-bond acceptors (Lipinski definition) is 3. The molecule has 1 aliphatic rings. The molecule has 2 rings (SSSR count). The molecule has 0 saturated carbocycles. The average molecular weight is 489 g/mol. The molecule has 0 radical (unpaired) electrons. The fourth-order valence-electron chi connectivity index (χ4n) is 1.37. The SMILES string of the molecule is O=C1C(Br)=C(Br)C(=O)c2nc(C(Br)Br)ccc21. The van der Waals surface area contributed by atoms with E-state index in [0.717, 1.165) is 0 Å². The van der Waals surface area contributed by atoms with Crippen molar-refractivity contribution in [1.82, 2.24) is 4.98 Å². The van der Waals surface area contributed by atoms with Gasteiger partial charge in [0.15, 0.2) is 0 Å². The van der Waals surface area contributed by atoms with Gasteiger partial charge in [0.25, 0.3) is 0 Å². The van der Waals surface area contributed by atoms with E-state index in [2.05, 4.69) is 68.7 Å². The first kappa shape index (κ1) is 13.6. The van der Waals surface area contributed by atoms with Gasteiger partial charge in [-0.05, 0) is 44.0 Å². The monoisotopic (exact) mass is 485 g/mol. The van der Waals surface area contributed by atoms with Crippen LogP contribution in [0.4, 0.5) is 0 Å². The van der Waals surface area contributed by atoms with Crippen molar-refractivity contribution in [2.75, 3.05) is 0 Å². The lowest BCUT2D eigenvalue weighted by molar-refractivity contribution is 0.0985. The second kappa shape index (κ2) is 5.03. The number of ketones is 2. The van der Waals surface area contributed by atoms with Gasteiger partial charge in [0.2, 0.25) is 11.6 Å². The fraction of sp³-hybridized carbons (Fsp3) is 0.100. The number of hydrogen-bond donors (Lipinski definition) is 0. The summed E-state index contributed by atoms with van der Waals surface area (Å²) < 4.78 is 0.287. The number of halogens is 4. The zero-order valence-electron chi connectivity index (χ0n) is 8.01. The van der Waals surface area contributed by atoms with Crippen molar-refractivity contribution in [2.24, 2.45) is 0 Å². The molecule has 0 aromatic carbocycles. The minimum atomic E-state index is -0.297. The molecule has 0 atom stereocenters. The van der Waals surface area contributed by atoms with E-state index in [4.69, 9.17) is 0 Å². The molecule has 3 nitrogen and oxygen atoms in total. The van der Waals surface area contributed by atoms with Gasteiger partial charge in [-0.2, -0.15) is 0 Å². The molecular formula is C10H3Br4NO2. The van der Waals surface area contributed by atoms with Crippen molar-refractivity contribution in [1.29, 1.82) is 0 Å². The summed E-state index contributed by atoms with van der Waals surface area (Å²) in [6.45, 7) is 0. The highest BCUT2D eigenvalue weighted by Crippen LogP contribution is 2.34. The normalized spacial score (nSPS) is 15.6. The summed E-state index contributed by atoms with van der Waals surface area (Å²) >= 11 is 12.8. The first-order valence-corrected chi connectivity index (χ1v) is 7.79. The van der Waals surface area contributed by atoms with Crippen LogP contribution in [0.25, 0.3) is 0 Å². The average Bonchev–Trinajstić information content (AvgIpc) is 2.32. The Morgan fingerprint density at radius 1 is 1.00 bits per heavy atom. The maximum Gasteiger partial charge on any atom is 0.220 e. The highest BCUT2D eigenvalue weighted by Gasteiger charge is 2.31. The Morgan fingerprint density at radius 3 is 2.18 bits per heavy atom.